The molecule has 4 aromatic heterocycles. The van der Waals surface area contributed by atoms with Crippen molar-refractivity contribution in [2.45, 2.75) is 0 Å². The van der Waals surface area contributed by atoms with E-state index >= 15 is 0 Å². The Morgan fingerprint density at radius 1 is 0.684 bits per heavy atom. The molecule has 7 aromatic rings. The van der Waals surface area contributed by atoms with Crippen LogP contribution in [0.3, 0.4) is 0 Å². The molecular formula is C31H23N7. The van der Waals surface area contributed by atoms with Crippen molar-refractivity contribution in [3.8, 4) is 45.3 Å². The van der Waals surface area contributed by atoms with Crippen LogP contribution in [0.1, 0.15) is 0 Å². The maximum Gasteiger partial charge on any atom is 0.180 e. The van der Waals surface area contributed by atoms with E-state index < -0.39 is 0 Å². The van der Waals surface area contributed by atoms with Crippen LogP contribution in [0.4, 0.5) is 5.69 Å². The number of benzene rings is 3. The average Bonchev–Trinajstić information content (AvgIpc) is 3.67. The molecule has 0 spiro atoms. The van der Waals surface area contributed by atoms with Crippen molar-refractivity contribution in [1.82, 2.24) is 30.1 Å². The first-order chi connectivity index (χ1) is 18.8. The summed E-state index contributed by atoms with van der Waals surface area (Å²) in [6.45, 7) is 0. The highest BCUT2D eigenvalue weighted by Gasteiger charge is 2.18. The molecule has 0 radical (unpaired) electrons. The molecule has 0 unspecified atom stereocenters. The van der Waals surface area contributed by atoms with Gasteiger partial charge in [-0.25, -0.2) is 4.98 Å². The minimum Gasteiger partial charge on any atom is -0.388 e. The lowest BCUT2D eigenvalue weighted by Crippen LogP contribution is -1.95. The van der Waals surface area contributed by atoms with E-state index in [4.69, 9.17) is 9.97 Å². The maximum absolute atomic E-state index is 5.14. The number of pyridine rings is 2. The van der Waals surface area contributed by atoms with Crippen LogP contribution in [0.2, 0.25) is 0 Å². The summed E-state index contributed by atoms with van der Waals surface area (Å²) in [6, 6.07) is 30.9. The molecule has 4 heterocycles. The molecule has 0 bridgehead atoms. The first-order valence-electron chi connectivity index (χ1n) is 12.4. The van der Waals surface area contributed by atoms with Gasteiger partial charge in [-0.3, -0.25) is 4.98 Å². The molecule has 182 valence electrons. The molecule has 3 N–H and O–H groups in total. The van der Waals surface area contributed by atoms with Crippen molar-refractivity contribution in [2.24, 2.45) is 0 Å². The van der Waals surface area contributed by atoms with E-state index in [1.54, 1.807) is 6.20 Å². The van der Waals surface area contributed by atoms with Gasteiger partial charge in [0.05, 0.1) is 11.2 Å². The summed E-state index contributed by atoms with van der Waals surface area (Å²) in [5.41, 5.74) is 8.72. The quantitative estimate of drug-likeness (QED) is 0.241. The Morgan fingerprint density at radius 2 is 1.53 bits per heavy atom. The third-order valence-electron chi connectivity index (χ3n) is 6.84. The monoisotopic (exact) mass is 493 g/mol. The average molecular weight is 494 g/mol. The van der Waals surface area contributed by atoms with Gasteiger partial charge < -0.3 is 15.3 Å². The van der Waals surface area contributed by atoms with E-state index in [1.807, 2.05) is 61.8 Å². The summed E-state index contributed by atoms with van der Waals surface area (Å²) in [5.74, 6) is 1.30. The topological polar surface area (TPSA) is 95.2 Å². The minimum atomic E-state index is 0.602. The molecule has 7 nitrogen and oxygen atoms in total. The lowest BCUT2D eigenvalue weighted by Gasteiger charge is -2.13. The number of aromatic amines is 2. The highest BCUT2D eigenvalue weighted by molar-refractivity contribution is 5.98. The van der Waals surface area contributed by atoms with Gasteiger partial charge in [0.15, 0.2) is 11.6 Å². The molecule has 0 saturated carbocycles. The molecule has 0 amide bonds. The van der Waals surface area contributed by atoms with Crippen LogP contribution in [-0.4, -0.2) is 37.2 Å². The van der Waals surface area contributed by atoms with E-state index in [-0.39, 0.29) is 0 Å². The van der Waals surface area contributed by atoms with Gasteiger partial charge in [-0.15, -0.1) is 10.2 Å². The number of H-pyrrole nitrogens is 2. The summed E-state index contributed by atoms with van der Waals surface area (Å²) >= 11 is 0. The predicted molar refractivity (Wildman–Crippen MR) is 153 cm³/mol. The van der Waals surface area contributed by atoms with Gasteiger partial charge in [-0.2, -0.15) is 0 Å². The fraction of sp³-hybridized carbons (Fsp3) is 0.0323. The molecule has 0 atom stereocenters. The number of fused-ring (bicyclic) bond motifs is 2. The summed E-state index contributed by atoms with van der Waals surface area (Å²) in [4.78, 5) is 16.5. The fourth-order valence-electron chi connectivity index (χ4n) is 4.92. The Balaban J connectivity index is 1.41. The first-order valence-corrected chi connectivity index (χ1v) is 12.4. The van der Waals surface area contributed by atoms with Crippen LogP contribution in [-0.2, 0) is 0 Å². The van der Waals surface area contributed by atoms with Crippen molar-refractivity contribution in [2.75, 3.05) is 12.4 Å². The van der Waals surface area contributed by atoms with Crippen molar-refractivity contribution in [1.29, 1.82) is 0 Å². The molecule has 7 heteroatoms. The SMILES string of the molecule is CNc1ccc(-c2nc3ccnc(-c4nnc(-c5cccc6[nH]ccc56)[nH]4)c3cc2-c2ccccc2)cc1. The van der Waals surface area contributed by atoms with Gasteiger partial charge in [0.2, 0.25) is 0 Å². The molecule has 0 aliphatic heterocycles. The van der Waals surface area contributed by atoms with E-state index in [0.717, 1.165) is 55.4 Å². The molecule has 0 aliphatic carbocycles. The number of nitrogens with zero attached hydrogens (tertiary/aromatic N) is 4. The first kappa shape index (κ1) is 21.9. The van der Waals surface area contributed by atoms with Crippen molar-refractivity contribution >= 4 is 27.5 Å². The van der Waals surface area contributed by atoms with Crippen molar-refractivity contribution in [3.63, 3.8) is 0 Å². The Morgan fingerprint density at radius 3 is 2.37 bits per heavy atom. The lowest BCUT2D eigenvalue weighted by molar-refractivity contribution is 1.09. The zero-order valence-electron chi connectivity index (χ0n) is 20.6. The lowest BCUT2D eigenvalue weighted by atomic mass is 9.97. The van der Waals surface area contributed by atoms with Crippen molar-refractivity contribution < 1.29 is 0 Å². The second-order valence-electron chi connectivity index (χ2n) is 9.07. The van der Waals surface area contributed by atoms with E-state index in [9.17, 15) is 0 Å². The summed E-state index contributed by atoms with van der Waals surface area (Å²) in [6.07, 6.45) is 3.70. The van der Waals surface area contributed by atoms with Crippen LogP contribution >= 0.6 is 0 Å². The standard InChI is InChI=1S/C31H23N7/c1-32-21-12-10-20(11-13-21)28-24(19-6-3-2-4-7-19)18-25-27(35-28)15-17-34-29(25)31-36-30(37-38-31)23-8-5-9-26-22(23)14-16-33-26/h2-18,32-33H,1H3,(H,36,37,38). The highest BCUT2D eigenvalue weighted by Crippen LogP contribution is 2.36. The van der Waals surface area contributed by atoms with Gasteiger partial charge >= 0.3 is 0 Å². The smallest absolute Gasteiger partial charge is 0.180 e. The largest absolute Gasteiger partial charge is 0.388 e. The Kier molecular flexibility index (Phi) is 5.18. The van der Waals surface area contributed by atoms with Gasteiger partial charge in [-0.05, 0) is 42.0 Å². The predicted octanol–water partition coefficient (Wildman–Crippen LogP) is 6.94. The van der Waals surface area contributed by atoms with E-state index in [2.05, 4.69) is 67.9 Å². The molecular weight excluding hydrogens is 470 g/mol. The Bertz CT molecular complexity index is 1900. The molecule has 0 fully saturated rings. The normalized spacial score (nSPS) is 11.3. The van der Waals surface area contributed by atoms with Gasteiger partial charge in [0.1, 0.15) is 5.69 Å². The molecule has 0 aliphatic rings. The van der Waals surface area contributed by atoms with Crippen molar-refractivity contribution in [3.05, 3.63) is 103 Å². The summed E-state index contributed by atoms with van der Waals surface area (Å²) in [5, 5.41) is 14.1. The molecule has 3 aromatic carbocycles. The van der Waals surface area contributed by atoms with Crippen LogP contribution < -0.4 is 5.32 Å². The van der Waals surface area contributed by atoms with E-state index in [0.29, 0.717) is 17.3 Å². The van der Waals surface area contributed by atoms with Crippen LogP contribution in [0, 0.1) is 0 Å². The Hall–Kier alpha value is -5.30. The minimum absolute atomic E-state index is 0.602. The number of rotatable bonds is 5. The molecule has 0 saturated heterocycles. The highest BCUT2D eigenvalue weighted by atomic mass is 15.2. The number of aromatic nitrogens is 6. The zero-order chi connectivity index (χ0) is 25.5. The van der Waals surface area contributed by atoms with Crippen LogP contribution in [0.15, 0.2) is 103 Å². The summed E-state index contributed by atoms with van der Waals surface area (Å²) in [7, 11) is 1.92. The third-order valence-corrected chi connectivity index (χ3v) is 6.84. The van der Waals surface area contributed by atoms with Crippen LogP contribution in [0.25, 0.3) is 67.1 Å². The third kappa shape index (κ3) is 3.69. The number of anilines is 1. The number of hydrogen-bond donors (Lipinski definition) is 3. The molecule has 7 rings (SSSR count). The van der Waals surface area contributed by atoms with Gasteiger partial charge in [0, 0.05) is 58.1 Å². The second kappa shape index (κ2) is 8.97. The van der Waals surface area contributed by atoms with Gasteiger partial charge in [0.25, 0.3) is 0 Å². The zero-order valence-corrected chi connectivity index (χ0v) is 20.6. The van der Waals surface area contributed by atoms with Crippen LogP contribution in [0.5, 0.6) is 0 Å². The molecule has 38 heavy (non-hydrogen) atoms. The van der Waals surface area contributed by atoms with Gasteiger partial charge in [-0.1, -0.05) is 54.6 Å². The number of hydrogen-bond acceptors (Lipinski definition) is 5. The second-order valence-corrected chi connectivity index (χ2v) is 9.07. The summed E-state index contributed by atoms with van der Waals surface area (Å²) < 4.78 is 0. The fourth-order valence-corrected chi connectivity index (χ4v) is 4.92. The maximum atomic E-state index is 5.14. The van der Waals surface area contributed by atoms with E-state index in [1.165, 1.54) is 0 Å². The Labute approximate surface area is 218 Å². The number of nitrogens with one attached hydrogen (secondary N) is 3.